The van der Waals surface area contributed by atoms with Crippen LogP contribution in [-0.2, 0) is 22.4 Å². The van der Waals surface area contributed by atoms with Gasteiger partial charge in [0.1, 0.15) is 0 Å². The summed E-state index contributed by atoms with van der Waals surface area (Å²) in [6.07, 6.45) is 5.88. The molecular weight excluding hydrogens is 344 g/mol. The molecule has 0 amide bonds. The lowest BCUT2D eigenvalue weighted by atomic mass is 9.62. The van der Waals surface area contributed by atoms with Crippen LogP contribution in [0.2, 0.25) is 0 Å². The van der Waals surface area contributed by atoms with Gasteiger partial charge in [-0.1, -0.05) is 12.1 Å². The summed E-state index contributed by atoms with van der Waals surface area (Å²) in [5.74, 6) is 2.29. The number of morpholine rings is 1. The lowest BCUT2D eigenvalue weighted by molar-refractivity contribution is -0.0882. The first kappa shape index (κ1) is 19.3. The van der Waals surface area contributed by atoms with Crippen LogP contribution in [0.25, 0.3) is 0 Å². The fourth-order valence-electron chi connectivity index (χ4n) is 5.47. The van der Waals surface area contributed by atoms with E-state index >= 15 is 0 Å². The van der Waals surface area contributed by atoms with Crippen molar-refractivity contribution >= 4 is 0 Å². The zero-order valence-corrected chi connectivity index (χ0v) is 16.9. The highest BCUT2D eigenvalue weighted by atomic mass is 16.5. The maximum absolute atomic E-state index is 5.73. The minimum Gasteiger partial charge on any atom is -0.384 e. The molecule has 3 aliphatic rings. The summed E-state index contributed by atoms with van der Waals surface area (Å²) in [5.41, 5.74) is 0.267. The van der Waals surface area contributed by atoms with Crippen molar-refractivity contribution in [1.82, 2.24) is 19.9 Å². The summed E-state index contributed by atoms with van der Waals surface area (Å²) in [6, 6.07) is 0.721. The fraction of sp³-hybridized carbons (Fsp3) is 0.900. The molecule has 4 rings (SSSR count). The molecule has 0 bridgehead atoms. The van der Waals surface area contributed by atoms with Crippen molar-refractivity contribution in [2.75, 3.05) is 53.1 Å². The number of rotatable bonds is 6. The molecule has 1 saturated carbocycles. The SMILES string of the molecule is CCc1noc(CN2CC[C@H]3C[C@@H](N4CCOCC4)CC[C@]3(COC)C2)n1. The highest BCUT2D eigenvalue weighted by Gasteiger charge is 2.48. The number of nitrogens with zero attached hydrogens (tertiary/aromatic N) is 4. The van der Waals surface area contributed by atoms with Gasteiger partial charge in [-0.15, -0.1) is 0 Å². The molecule has 3 atom stereocenters. The van der Waals surface area contributed by atoms with E-state index in [2.05, 4.69) is 26.9 Å². The lowest BCUT2D eigenvalue weighted by Crippen LogP contribution is -2.56. The van der Waals surface area contributed by atoms with E-state index in [1.165, 1.54) is 25.7 Å². The highest BCUT2D eigenvalue weighted by Crippen LogP contribution is 2.48. The van der Waals surface area contributed by atoms with Gasteiger partial charge in [-0.05, 0) is 38.1 Å². The first-order valence-electron chi connectivity index (χ1n) is 10.6. The van der Waals surface area contributed by atoms with E-state index < -0.39 is 0 Å². The second-order valence-corrected chi connectivity index (χ2v) is 8.53. The van der Waals surface area contributed by atoms with E-state index in [0.717, 1.165) is 82.6 Å². The van der Waals surface area contributed by atoms with Gasteiger partial charge in [-0.25, -0.2) is 0 Å². The van der Waals surface area contributed by atoms with Gasteiger partial charge in [-0.3, -0.25) is 9.80 Å². The average molecular weight is 379 g/mol. The minimum atomic E-state index is 0.267. The zero-order valence-electron chi connectivity index (χ0n) is 16.9. The molecule has 3 fully saturated rings. The average Bonchev–Trinajstić information content (AvgIpc) is 3.16. The predicted octanol–water partition coefficient (Wildman–Crippen LogP) is 1.97. The van der Waals surface area contributed by atoms with Crippen molar-refractivity contribution in [1.29, 1.82) is 0 Å². The second-order valence-electron chi connectivity index (χ2n) is 8.53. The normalized spacial score (nSPS) is 33.1. The summed E-state index contributed by atoms with van der Waals surface area (Å²) in [6.45, 7) is 9.83. The summed E-state index contributed by atoms with van der Waals surface area (Å²) in [5, 5.41) is 4.04. The van der Waals surface area contributed by atoms with Gasteiger partial charge in [0.2, 0.25) is 5.89 Å². The Labute approximate surface area is 162 Å². The van der Waals surface area contributed by atoms with Crippen molar-refractivity contribution in [2.45, 2.75) is 51.6 Å². The highest BCUT2D eigenvalue weighted by molar-refractivity contribution is 5.00. The number of ether oxygens (including phenoxy) is 2. The van der Waals surface area contributed by atoms with Crippen LogP contribution in [0.3, 0.4) is 0 Å². The summed E-state index contributed by atoms with van der Waals surface area (Å²) < 4.78 is 16.7. The molecule has 1 aliphatic carbocycles. The molecule has 0 radical (unpaired) electrons. The molecule has 2 aliphatic heterocycles. The second kappa shape index (κ2) is 8.55. The van der Waals surface area contributed by atoms with Crippen LogP contribution >= 0.6 is 0 Å². The van der Waals surface area contributed by atoms with E-state index in [4.69, 9.17) is 14.0 Å². The number of aromatic nitrogens is 2. The van der Waals surface area contributed by atoms with Gasteiger partial charge in [0.25, 0.3) is 0 Å². The van der Waals surface area contributed by atoms with Gasteiger partial charge in [-0.2, -0.15) is 4.98 Å². The van der Waals surface area contributed by atoms with E-state index in [1.807, 2.05) is 7.11 Å². The Morgan fingerprint density at radius 2 is 2.07 bits per heavy atom. The number of piperidine rings is 1. The smallest absolute Gasteiger partial charge is 0.240 e. The van der Waals surface area contributed by atoms with Crippen LogP contribution in [0.4, 0.5) is 0 Å². The molecule has 0 spiro atoms. The largest absolute Gasteiger partial charge is 0.384 e. The third-order valence-corrected chi connectivity index (χ3v) is 6.91. The van der Waals surface area contributed by atoms with Gasteiger partial charge < -0.3 is 14.0 Å². The third kappa shape index (κ3) is 4.21. The number of methoxy groups -OCH3 is 1. The summed E-state index contributed by atoms with van der Waals surface area (Å²) in [4.78, 5) is 9.66. The minimum absolute atomic E-state index is 0.267. The molecule has 0 aromatic carbocycles. The standard InChI is InChI=1S/C20H34N4O3/c1-3-18-21-19(27-22-18)13-23-7-5-16-12-17(24-8-10-26-11-9-24)4-6-20(16,14-23)15-25-2/h16-17H,3-15H2,1-2H3/t16-,17-,20+/m0/s1. The van der Waals surface area contributed by atoms with Crippen molar-refractivity contribution in [2.24, 2.45) is 11.3 Å². The van der Waals surface area contributed by atoms with Gasteiger partial charge in [0.05, 0.1) is 26.4 Å². The number of aryl methyl sites for hydroxylation is 1. The van der Waals surface area contributed by atoms with Crippen molar-refractivity contribution in [3.63, 3.8) is 0 Å². The molecule has 0 N–H and O–H groups in total. The maximum Gasteiger partial charge on any atom is 0.240 e. The Kier molecular flexibility index (Phi) is 6.12. The van der Waals surface area contributed by atoms with Crippen molar-refractivity contribution in [3.05, 3.63) is 11.7 Å². The monoisotopic (exact) mass is 378 g/mol. The van der Waals surface area contributed by atoms with Gasteiger partial charge in [0.15, 0.2) is 5.82 Å². The Balaban J connectivity index is 1.41. The zero-order chi connectivity index (χ0) is 18.7. The van der Waals surface area contributed by atoms with Crippen LogP contribution in [0.5, 0.6) is 0 Å². The number of fused-ring (bicyclic) bond motifs is 1. The Morgan fingerprint density at radius 1 is 1.22 bits per heavy atom. The summed E-state index contributed by atoms with van der Waals surface area (Å²) >= 11 is 0. The van der Waals surface area contributed by atoms with Crippen LogP contribution in [0, 0.1) is 11.3 Å². The molecular formula is C20H34N4O3. The Hall–Kier alpha value is -1.02. The number of hydrogen-bond acceptors (Lipinski definition) is 7. The van der Waals surface area contributed by atoms with E-state index in [-0.39, 0.29) is 5.41 Å². The van der Waals surface area contributed by atoms with E-state index in [1.54, 1.807) is 0 Å². The summed E-state index contributed by atoms with van der Waals surface area (Å²) in [7, 11) is 1.85. The van der Waals surface area contributed by atoms with Gasteiger partial charge >= 0.3 is 0 Å². The molecule has 7 nitrogen and oxygen atoms in total. The van der Waals surface area contributed by atoms with Crippen LogP contribution in [0.1, 0.15) is 44.3 Å². The molecule has 2 saturated heterocycles. The first-order chi connectivity index (χ1) is 13.2. The molecule has 27 heavy (non-hydrogen) atoms. The predicted molar refractivity (Wildman–Crippen MR) is 101 cm³/mol. The quantitative estimate of drug-likeness (QED) is 0.750. The first-order valence-corrected chi connectivity index (χ1v) is 10.6. The van der Waals surface area contributed by atoms with Crippen molar-refractivity contribution in [3.8, 4) is 0 Å². The van der Waals surface area contributed by atoms with Gasteiger partial charge in [0, 0.05) is 44.6 Å². The molecule has 0 unspecified atom stereocenters. The van der Waals surface area contributed by atoms with Crippen LogP contribution < -0.4 is 0 Å². The fourth-order valence-corrected chi connectivity index (χ4v) is 5.47. The molecule has 152 valence electrons. The lowest BCUT2D eigenvalue weighted by Gasteiger charge is -2.54. The molecule has 7 heteroatoms. The van der Waals surface area contributed by atoms with Crippen LogP contribution in [-0.4, -0.2) is 79.1 Å². The van der Waals surface area contributed by atoms with E-state index in [0.29, 0.717) is 0 Å². The van der Waals surface area contributed by atoms with E-state index in [9.17, 15) is 0 Å². The molecule has 1 aromatic rings. The third-order valence-electron chi connectivity index (χ3n) is 6.91. The number of likely N-dealkylation sites (tertiary alicyclic amines) is 1. The topological polar surface area (TPSA) is 63.9 Å². The van der Waals surface area contributed by atoms with Crippen molar-refractivity contribution < 1.29 is 14.0 Å². The maximum atomic E-state index is 5.73. The molecule has 1 aromatic heterocycles. The number of hydrogen-bond donors (Lipinski definition) is 0. The Morgan fingerprint density at radius 3 is 2.81 bits per heavy atom. The Bertz CT molecular complexity index is 604. The van der Waals surface area contributed by atoms with Crippen LogP contribution in [0.15, 0.2) is 4.52 Å². The molecule has 3 heterocycles.